The molecule has 4 nitrogen and oxygen atoms in total. The lowest BCUT2D eigenvalue weighted by atomic mass is 10.1. The van der Waals surface area contributed by atoms with Gasteiger partial charge in [-0.3, -0.25) is 4.79 Å². The molecule has 0 saturated carbocycles. The lowest BCUT2D eigenvalue weighted by Gasteiger charge is -2.25. The summed E-state index contributed by atoms with van der Waals surface area (Å²) in [4.78, 5) is 16.7. The molecule has 0 spiro atoms. The number of ether oxygens (including phenoxy) is 1. The number of nitrogens with zero attached hydrogens (tertiary/aromatic N) is 2. The van der Waals surface area contributed by atoms with Crippen molar-refractivity contribution in [3.05, 3.63) is 28.3 Å². The average Bonchev–Trinajstić information content (AvgIpc) is 2.68. The fourth-order valence-corrected chi connectivity index (χ4v) is 2.86. The maximum atomic E-state index is 12.6. The van der Waals surface area contributed by atoms with Crippen molar-refractivity contribution in [2.75, 3.05) is 33.2 Å². The van der Waals surface area contributed by atoms with Gasteiger partial charge in [-0.2, -0.15) is 0 Å². The van der Waals surface area contributed by atoms with Gasteiger partial charge < -0.3 is 14.5 Å². The molecule has 1 aliphatic rings. The SMILES string of the molecule is Cc1cc(OC(C)C(=O)N2CCCN(C)CC2)cc(C)c1Cl. The number of carbonyl (C=O) groups excluding carboxylic acids is 1. The van der Waals surface area contributed by atoms with E-state index in [1.165, 1.54) is 0 Å². The standard InChI is InChI=1S/C17H25ClN2O2/c1-12-10-15(11-13(2)16(12)18)22-14(3)17(21)20-7-5-6-19(4)8-9-20/h10-11,14H,5-9H2,1-4H3. The Hall–Kier alpha value is -1.26. The van der Waals surface area contributed by atoms with Gasteiger partial charge in [0.2, 0.25) is 0 Å². The molecule has 0 radical (unpaired) electrons. The summed E-state index contributed by atoms with van der Waals surface area (Å²) < 4.78 is 5.85. The second-order valence-corrected chi connectivity index (χ2v) is 6.49. The van der Waals surface area contributed by atoms with E-state index in [1.54, 1.807) is 0 Å². The fourth-order valence-electron chi connectivity index (χ4n) is 2.75. The largest absolute Gasteiger partial charge is 0.481 e. The van der Waals surface area contributed by atoms with Crippen molar-refractivity contribution < 1.29 is 9.53 Å². The summed E-state index contributed by atoms with van der Waals surface area (Å²) in [5, 5.41) is 0.752. The Kier molecular flexibility index (Phi) is 5.70. The molecule has 1 aliphatic heterocycles. The van der Waals surface area contributed by atoms with Crippen molar-refractivity contribution in [1.29, 1.82) is 0 Å². The third-order valence-electron chi connectivity index (χ3n) is 4.10. The topological polar surface area (TPSA) is 32.8 Å². The van der Waals surface area contributed by atoms with Crippen LogP contribution in [0.25, 0.3) is 0 Å². The molecule has 0 aliphatic carbocycles. The minimum Gasteiger partial charge on any atom is -0.481 e. The second kappa shape index (κ2) is 7.34. The monoisotopic (exact) mass is 324 g/mol. The zero-order valence-electron chi connectivity index (χ0n) is 13.9. The van der Waals surface area contributed by atoms with Gasteiger partial charge in [-0.05, 0) is 64.0 Å². The quantitative estimate of drug-likeness (QED) is 0.857. The zero-order valence-corrected chi connectivity index (χ0v) is 14.6. The summed E-state index contributed by atoms with van der Waals surface area (Å²) in [6.45, 7) is 9.22. The minimum absolute atomic E-state index is 0.0561. The third kappa shape index (κ3) is 4.14. The molecule has 1 atom stereocenters. The smallest absolute Gasteiger partial charge is 0.263 e. The van der Waals surface area contributed by atoms with Gasteiger partial charge >= 0.3 is 0 Å². The van der Waals surface area contributed by atoms with E-state index in [-0.39, 0.29) is 5.91 Å². The lowest BCUT2D eigenvalue weighted by molar-refractivity contribution is -0.137. The van der Waals surface area contributed by atoms with Gasteiger partial charge in [0.05, 0.1) is 0 Å². The normalized spacial score (nSPS) is 18.0. The number of carbonyl (C=O) groups is 1. The van der Waals surface area contributed by atoms with E-state index in [9.17, 15) is 4.79 Å². The number of rotatable bonds is 3. The molecule has 1 aromatic carbocycles. The molecule has 0 N–H and O–H groups in total. The zero-order chi connectivity index (χ0) is 16.3. The van der Waals surface area contributed by atoms with E-state index in [2.05, 4.69) is 11.9 Å². The molecule has 2 rings (SSSR count). The van der Waals surface area contributed by atoms with Gasteiger partial charge in [-0.15, -0.1) is 0 Å². The van der Waals surface area contributed by atoms with Crippen molar-refractivity contribution in [2.24, 2.45) is 0 Å². The van der Waals surface area contributed by atoms with Crippen LogP contribution in [-0.4, -0.2) is 55.0 Å². The molecule has 22 heavy (non-hydrogen) atoms. The first-order valence-corrected chi connectivity index (χ1v) is 8.17. The van der Waals surface area contributed by atoms with E-state index in [0.717, 1.165) is 48.7 Å². The predicted octanol–water partition coefficient (Wildman–Crippen LogP) is 2.89. The number of aryl methyl sites for hydroxylation is 2. The molecule has 5 heteroatoms. The summed E-state index contributed by atoms with van der Waals surface area (Å²) in [6.07, 6.45) is 0.525. The number of hydrogen-bond acceptors (Lipinski definition) is 3. The molecule has 0 bridgehead atoms. The maximum absolute atomic E-state index is 12.6. The minimum atomic E-state index is -0.483. The van der Waals surface area contributed by atoms with Crippen LogP contribution in [0.15, 0.2) is 12.1 Å². The maximum Gasteiger partial charge on any atom is 0.263 e. The van der Waals surface area contributed by atoms with Crippen LogP contribution >= 0.6 is 11.6 Å². The molecule has 1 unspecified atom stereocenters. The highest BCUT2D eigenvalue weighted by Crippen LogP contribution is 2.26. The molecule has 1 fully saturated rings. The Balaban J connectivity index is 2.02. The molecule has 1 amide bonds. The Morgan fingerprint density at radius 2 is 1.82 bits per heavy atom. The van der Waals surface area contributed by atoms with Crippen molar-refractivity contribution in [3.8, 4) is 5.75 Å². The number of benzene rings is 1. The van der Waals surface area contributed by atoms with Crippen molar-refractivity contribution in [2.45, 2.75) is 33.3 Å². The number of amides is 1. The van der Waals surface area contributed by atoms with E-state index >= 15 is 0 Å². The Morgan fingerprint density at radius 3 is 2.45 bits per heavy atom. The first-order valence-electron chi connectivity index (χ1n) is 7.79. The highest BCUT2D eigenvalue weighted by molar-refractivity contribution is 6.32. The third-order valence-corrected chi connectivity index (χ3v) is 4.70. The van der Waals surface area contributed by atoms with Gasteiger partial charge in [-0.1, -0.05) is 11.6 Å². The summed E-state index contributed by atoms with van der Waals surface area (Å²) in [5.41, 5.74) is 1.93. The van der Waals surface area contributed by atoms with Crippen LogP contribution in [0.3, 0.4) is 0 Å². The van der Waals surface area contributed by atoms with Gasteiger partial charge in [0, 0.05) is 24.7 Å². The Labute approximate surface area is 138 Å². The van der Waals surface area contributed by atoms with E-state index in [0.29, 0.717) is 5.75 Å². The Bertz CT molecular complexity index is 524. The van der Waals surface area contributed by atoms with Crippen LogP contribution in [0.2, 0.25) is 5.02 Å². The molecule has 0 aromatic heterocycles. The van der Waals surface area contributed by atoms with Crippen LogP contribution in [0.1, 0.15) is 24.5 Å². The Morgan fingerprint density at radius 1 is 1.18 bits per heavy atom. The molecule has 122 valence electrons. The van der Waals surface area contributed by atoms with Crippen molar-refractivity contribution in [1.82, 2.24) is 9.80 Å². The summed E-state index contributed by atoms with van der Waals surface area (Å²) >= 11 is 6.17. The van der Waals surface area contributed by atoms with Gasteiger partial charge in [0.1, 0.15) is 5.75 Å². The van der Waals surface area contributed by atoms with Crippen LogP contribution in [0, 0.1) is 13.8 Å². The van der Waals surface area contributed by atoms with Gasteiger partial charge in [-0.25, -0.2) is 0 Å². The first kappa shape index (κ1) is 17.1. The van der Waals surface area contributed by atoms with E-state index < -0.39 is 6.10 Å². The van der Waals surface area contributed by atoms with Crippen LogP contribution in [0.4, 0.5) is 0 Å². The summed E-state index contributed by atoms with van der Waals surface area (Å²) in [5.74, 6) is 0.757. The van der Waals surface area contributed by atoms with Gasteiger partial charge in [0.15, 0.2) is 6.10 Å². The number of hydrogen-bond donors (Lipinski definition) is 0. The summed E-state index contributed by atoms with van der Waals surface area (Å²) in [6, 6.07) is 3.77. The molecule has 1 aromatic rings. The fraction of sp³-hybridized carbons (Fsp3) is 0.588. The first-order chi connectivity index (χ1) is 10.4. The van der Waals surface area contributed by atoms with E-state index in [1.807, 2.05) is 37.8 Å². The molecular formula is C17H25ClN2O2. The number of halogens is 1. The number of likely N-dealkylation sites (N-methyl/N-ethyl adjacent to an activating group) is 1. The second-order valence-electron chi connectivity index (χ2n) is 6.11. The van der Waals surface area contributed by atoms with E-state index in [4.69, 9.17) is 16.3 Å². The highest BCUT2D eigenvalue weighted by atomic mass is 35.5. The van der Waals surface area contributed by atoms with Crippen molar-refractivity contribution in [3.63, 3.8) is 0 Å². The van der Waals surface area contributed by atoms with Crippen LogP contribution in [0.5, 0.6) is 5.75 Å². The van der Waals surface area contributed by atoms with Crippen molar-refractivity contribution >= 4 is 17.5 Å². The lowest BCUT2D eigenvalue weighted by Crippen LogP contribution is -2.42. The molecular weight excluding hydrogens is 300 g/mol. The van der Waals surface area contributed by atoms with Crippen LogP contribution < -0.4 is 4.74 Å². The summed E-state index contributed by atoms with van der Waals surface area (Å²) in [7, 11) is 2.09. The van der Waals surface area contributed by atoms with Gasteiger partial charge in [0.25, 0.3) is 5.91 Å². The molecule has 1 heterocycles. The predicted molar refractivity (Wildman–Crippen MR) is 89.7 cm³/mol. The average molecular weight is 325 g/mol. The highest BCUT2D eigenvalue weighted by Gasteiger charge is 2.24. The van der Waals surface area contributed by atoms with Crippen LogP contribution in [-0.2, 0) is 4.79 Å². The molecule has 1 saturated heterocycles.